The Morgan fingerprint density at radius 2 is 0.745 bits per heavy atom. The van der Waals surface area contributed by atoms with Crippen LogP contribution < -0.4 is 20.1 Å². The van der Waals surface area contributed by atoms with Gasteiger partial charge in [-0.15, -0.1) is 0 Å². The number of rotatable bonds is 16. The lowest BCUT2D eigenvalue weighted by molar-refractivity contribution is -0.117. The molecule has 10 nitrogen and oxygen atoms in total. The van der Waals surface area contributed by atoms with Crippen molar-refractivity contribution in [1.29, 1.82) is 0 Å². The number of unbranched alkanes of at least 4 members (excludes halogenated alkanes) is 4. The Morgan fingerprint density at radius 1 is 0.447 bits per heavy atom. The minimum absolute atomic E-state index is 0.00518. The largest absolute Gasteiger partial charge is 0.326 e. The molecule has 4 aromatic carbocycles. The fraction of sp³-hybridized carbons (Fsp3) is 0.212. The summed E-state index contributed by atoms with van der Waals surface area (Å²) in [7, 11) is -7.75. The fourth-order valence-electron chi connectivity index (χ4n) is 4.45. The fourth-order valence-corrected chi connectivity index (χ4v) is 6.56. The molecule has 0 saturated carbocycles. The summed E-state index contributed by atoms with van der Waals surface area (Å²) in [5, 5.41) is 5.49. The van der Waals surface area contributed by atoms with Crippen molar-refractivity contribution in [2.45, 2.75) is 54.7 Å². The molecule has 14 heteroatoms. The Morgan fingerprint density at radius 3 is 1.09 bits per heavy atom. The number of benzene rings is 4. The van der Waals surface area contributed by atoms with E-state index in [1.165, 1.54) is 72.8 Å². The Labute approximate surface area is 272 Å². The van der Waals surface area contributed by atoms with E-state index >= 15 is 0 Å². The number of carbonyl (C=O) groups excluding carboxylic acids is 2. The highest BCUT2D eigenvalue weighted by Gasteiger charge is 2.16. The maximum Gasteiger partial charge on any atom is 0.261 e. The van der Waals surface area contributed by atoms with Crippen LogP contribution in [0.2, 0.25) is 0 Å². The quantitative estimate of drug-likeness (QED) is 0.0946. The van der Waals surface area contributed by atoms with Crippen molar-refractivity contribution in [3.05, 3.63) is 109 Å². The highest BCUT2D eigenvalue weighted by molar-refractivity contribution is 7.93. The van der Waals surface area contributed by atoms with Gasteiger partial charge < -0.3 is 10.6 Å². The molecule has 0 bridgehead atoms. The number of nitrogens with one attached hydrogen (secondary N) is 4. The van der Waals surface area contributed by atoms with Gasteiger partial charge in [0, 0.05) is 35.6 Å². The Kier molecular flexibility index (Phi) is 12.0. The smallest absolute Gasteiger partial charge is 0.261 e. The van der Waals surface area contributed by atoms with Crippen molar-refractivity contribution in [3.8, 4) is 0 Å². The molecule has 0 aliphatic rings. The predicted molar refractivity (Wildman–Crippen MR) is 177 cm³/mol. The average Bonchev–Trinajstić information content (AvgIpc) is 3.03. The molecule has 0 unspecified atom stereocenters. The zero-order valence-electron chi connectivity index (χ0n) is 25.2. The van der Waals surface area contributed by atoms with Crippen molar-refractivity contribution in [2.24, 2.45) is 0 Å². The molecule has 0 saturated heterocycles. The summed E-state index contributed by atoms with van der Waals surface area (Å²) in [5.74, 6) is -1.36. The van der Waals surface area contributed by atoms with Gasteiger partial charge >= 0.3 is 0 Å². The van der Waals surface area contributed by atoms with Gasteiger partial charge in [-0.3, -0.25) is 19.0 Å². The van der Waals surface area contributed by atoms with Gasteiger partial charge in [-0.25, -0.2) is 25.6 Å². The second-order valence-corrected chi connectivity index (χ2v) is 14.0. The molecule has 0 aromatic heterocycles. The maximum absolute atomic E-state index is 13.1. The maximum atomic E-state index is 13.1. The first-order chi connectivity index (χ1) is 22.4. The highest BCUT2D eigenvalue weighted by atomic mass is 32.2. The predicted octanol–water partition coefficient (Wildman–Crippen LogP) is 6.87. The molecule has 0 aliphatic carbocycles. The number of sulfonamides is 2. The molecule has 0 atom stereocenters. The molecule has 0 heterocycles. The third-order valence-corrected chi connectivity index (χ3v) is 9.69. The molecule has 248 valence electrons. The van der Waals surface area contributed by atoms with Crippen molar-refractivity contribution in [2.75, 3.05) is 20.1 Å². The van der Waals surface area contributed by atoms with Gasteiger partial charge in [0.15, 0.2) is 0 Å². The van der Waals surface area contributed by atoms with Crippen molar-refractivity contribution < 1.29 is 35.2 Å². The Balaban J connectivity index is 1.09. The van der Waals surface area contributed by atoms with E-state index in [1.54, 1.807) is 0 Å². The Bertz CT molecular complexity index is 1730. The van der Waals surface area contributed by atoms with E-state index in [0.717, 1.165) is 43.5 Å². The summed E-state index contributed by atoms with van der Waals surface area (Å²) >= 11 is 0. The van der Waals surface area contributed by atoms with Crippen molar-refractivity contribution in [1.82, 2.24) is 0 Å². The van der Waals surface area contributed by atoms with Crippen LogP contribution in [0.3, 0.4) is 0 Å². The summed E-state index contributed by atoms with van der Waals surface area (Å²) in [5.41, 5.74) is 1.37. The van der Waals surface area contributed by atoms with Gasteiger partial charge in [-0.05, 0) is 110 Å². The van der Waals surface area contributed by atoms with E-state index < -0.39 is 31.7 Å². The van der Waals surface area contributed by atoms with Crippen LogP contribution in [0, 0.1) is 11.6 Å². The van der Waals surface area contributed by atoms with Crippen LogP contribution in [0.15, 0.2) is 107 Å². The van der Waals surface area contributed by atoms with Crippen molar-refractivity contribution in [3.63, 3.8) is 0 Å². The Hall–Kier alpha value is -4.82. The number of carbonyl (C=O) groups is 2. The van der Waals surface area contributed by atoms with Gasteiger partial charge in [0.2, 0.25) is 11.8 Å². The minimum Gasteiger partial charge on any atom is -0.326 e. The number of halogens is 2. The molecule has 0 radical (unpaired) electrons. The summed E-state index contributed by atoms with van der Waals surface area (Å²) < 4.78 is 81.0. The molecule has 4 aromatic rings. The lowest BCUT2D eigenvalue weighted by atomic mass is 10.1. The SMILES string of the molecule is O=C(CCCCCCCC(=O)Nc1ccc(S(=O)(=O)Nc2ccc(F)cc2)cc1)Nc1ccc(S(=O)(=O)Nc2ccc(F)cc2)cc1. The van der Waals surface area contributed by atoms with E-state index in [9.17, 15) is 35.2 Å². The van der Waals surface area contributed by atoms with Gasteiger partial charge in [0.25, 0.3) is 20.0 Å². The van der Waals surface area contributed by atoms with Crippen LogP contribution in [0.25, 0.3) is 0 Å². The molecule has 2 amide bonds. The molecular formula is C33H34F2N4O6S2. The first kappa shape index (κ1) is 35.0. The molecule has 4 rings (SSSR count). The van der Waals surface area contributed by atoms with E-state index in [4.69, 9.17) is 0 Å². The van der Waals surface area contributed by atoms with Crippen LogP contribution in [-0.2, 0) is 29.6 Å². The van der Waals surface area contributed by atoms with E-state index in [0.29, 0.717) is 24.2 Å². The average molecular weight is 685 g/mol. The van der Waals surface area contributed by atoms with Crippen LogP contribution in [-0.4, -0.2) is 28.6 Å². The minimum atomic E-state index is -3.88. The highest BCUT2D eigenvalue weighted by Crippen LogP contribution is 2.21. The molecule has 0 spiro atoms. The normalized spacial score (nSPS) is 11.4. The number of hydrogen-bond donors (Lipinski definition) is 4. The van der Waals surface area contributed by atoms with Gasteiger partial charge in [-0.2, -0.15) is 0 Å². The van der Waals surface area contributed by atoms with E-state index in [-0.39, 0.29) is 45.8 Å². The lowest BCUT2D eigenvalue weighted by Crippen LogP contribution is -2.14. The van der Waals surface area contributed by atoms with Crippen LogP contribution in [0.5, 0.6) is 0 Å². The summed E-state index contributed by atoms with van der Waals surface area (Å²) in [6, 6.07) is 21.3. The van der Waals surface area contributed by atoms with Crippen molar-refractivity contribution >= 4 is 54.6 Å². The molecule has 4 N–H and O–H groups in total. The monoisotopic (exact) mass is 684 g/mol. The molecule has 47 heavy (non-hydrogen) atoms. The first-order valence-electron chi connectivity index (χ1n) is 14.8. The van der Waals surface area contributed by atoms with Gasteiger partial charge in [0.1, 0.15) is 11.6 Å². The second kappa shape index (κ2) is 16.1. The summed E-state index contributed by atoms with van der Waals surface area (Å²) in [6.45, 7) is 0. The third kappa shape index (κ3) is 11.2. The van der Waals surface area contributed by atoms with E-state index in [2.05, 4.69) is 20.1 Å². The van der Waals surface area contributed by atoms with Crippen LogP contribution in [0.4, 0.5) is 31.5 Å². The standard InChI is InChI=1S/C33H34F2N4O6S2/c34-24-8-12-28(13-9-24)38-46(42,43)30-20-16-26(17-21-30)36-32(40)6-4-2-1-3-5-7-33(41)37-27-18-22-31(23-19-27)47(44,45)39-29-14-10-25(35)11-15-29/h8-23,38-39H,1-7H2,(H,36,40)(H,37,41). The molecule has 0 fully saturated rings. The first-order valence-corrected chi connectivity index (χ1v) is 17.7. The second-order valence-electron chi connectivity index (χ2n) is 10.6. The summed E-state index contributed by atoms with van der Waals surface area (Å²) in [4.78, 5) is 24.6. The van der Waals surface area contributed by atoms with Crippen LogP contribution >= 0.6 is 0 Å². The number of anilines is 4. The zero-order valence-corrected chi connectivity index (χ0v) is 26.8. The van der Waals surface area contributed by atoms with Crippen LogP contribution in [0.1, 0.15) is 44.9 Å². The van der Waals surface area contributed by atoms with E-state index in [1.807, 2.05) is 0 Å². The zero-order chi connectivity index (χ0) is 33.9. The molecular weight excluding hydrogens is 651 g/mol. The number of hydrogen-bond acceptors (Lipinski definition) is 6. The third-order valence-electron chi connectivity index (χ3n) is 6.90. The summed E-state index contributed by atoms with van der Waals surface area (Å²) in [6.07, 6.45) is 4.30. The lowest BCUT2D eigenvalue weighted by Gasteiger charge is -2.10. The van der Waals surface area contributed by atoms with Gasteiger partial charge in [-0.1, -0.05) is 19.3 Å². The van der Waals surface area contributed by atoms with Gasteiger partial charge in [0.05, 0.1) is 9.79 Å². The number of amides is 2. The molecule has 0 aliphatic heterocycles. The topological polar surface area (TPSA) is 151 Å².